The Labute approximate surface area is 131 Å². The molecule has 0 aliphatic carbocycles. The molecular weight excluding hydrogens is 282 g/mol. The van der Waals surface area contributed by atoms with Gasteiger partial charge in [0.2, 0.25) is 0 Å². The number of hydrogen-bond donors (Lipinski definition) is 2. The van der Waals surface area contributed by atoms with Crippen molar-refractivity contribution >= 4 is 5.97 Å². The summed E-state index contributed by atoms with van der Waals surface area (Å²) >= 11 is 0. The zero-order valence-electron chi connectivity index (χ0n) is 13.9. The molecule has 22 heavy (non-hydrogen) atoms. The number of aromatic nitrogens is 2. The van der Waals surface area contributed by atoms with Crippen LogP contribution in [-0.4, -0.2) is 52.5 Å². The number of ether oxygens (including phenoxy) is 1. The minimum Gasteiger partial charge on any atom is -0.479 e. The number of methoxy groups -OCH3 is 1. The number of carboxylic acid groups (broad SMARTS) is 1. The second-order valence-electron chi connectivity index (χ2n) is 7.13. The summed E-state index contributed by atoms with van der Waals surface area (Å²) in [7, 11) is 1.48. The smallest absolute Gasteiger partial charge is 0.333 e. The number of aliphatic carboxylic acids is 1. The number of piperidine rings is 1. The molecule has 6 heteroatoms. The Morgan fingerprint density at radius 1 is 1.50 bits per heavy atom. The van der Waals surface area contributed by atoms with Gasteiger partial charge in [0.1, 0.15) is 0 Å². The largest absolute Gasteiger partial charge is 0.479 e. The molecule has 1 aromatic rings. The first-order chi connectivity index (χ1) is 10.3. The van der Waals surface area contributed by atoms with Gasteiger partial charge in [-0.2, -0.15) is 5.10 Å². The molecule has 2 heterocycles. The van der Waals surface area contributed by atoms with Crippen molar-refractivity contribution in [3.63, 3.8) is 0 Å². The Bertz CT molecular complexity index is 499. The molecule has 2 N–H and O–H groups in total. The zero-order valence-corrected chi connectivity index (χ0v) is 13.9. The lowest BCUT2D eigenvalue weighted by atomic mass is 9.88. The van der Waals surface area contributed by atoms with Gasteiger partial charge in [0.25, 0.3) is 0 Å². The van der Waals surface area contributed by atoms with Crippen molar-refractivity contribution < 1.29 is 14.6 Å². The van der Waals surface area contributed by atoms with Crippen LogP contribution in [0.25, 0.3) is 0 Å². The Morgan fingerprint density at radius 3 is 2.64 bits per heavy atom. The molecule has 1 saturated heterocycles. The van der Waals surface area contributed by atoms with E-state index in [0.717, 1.165) is 32.5 Å². The van der Waals surface area contributed by atoms with Crippen molar-refractivity contribution in [1.29, 1.82) is 0 Å². The van der Waals surface area contributed by atoms with Gasteiger partial charge >= 0.3 is 5.97 Å². The predicted molar refractivity (Wildman–Crippen MR) is 83.7 cm³/mol. The van der Waals surface area contributed by atoms with Gasteiger partial charge in [0.05, 0.1) is 6.20 Å². The van der Waals surface area contributed by atoms with Gasteiger partial charge in [0.15, 0.2) is 6.10 Å². The summed E-state index contributed by atoms with van der Waals surface area (Å²) in [6.45, 7) is 9.17. The van der Waals surface area contributed by atoms with Gasteiger partial charge < -0.3 is 9.84 Å². The van der Waals surface area contributed by atoms with Crippen molar-refractivity contribution in [1.82, 2.24) is 15.1 Å². The Kier molecular flexibility index (Phi) is 5.24. The maximum Gasteiger partial charge on any atom is 0.333 e. The summed E-state index contributed by atoms with van der Waals surface area (Å²) in [5.41, 5.74) is 2.46. The number of aromatic amines is 1. The molecule has 1 aliphatic rings. The van der Waals surface area contributed by atoms with Crippen LogP contribution >= 0.6 is 0 Å². The van der Waals surface area contributed by atoms with Crippen molar-refractivity contribution in [3.05, 3.63) is 17.5 Å². The number of nitrogens with one attached hydrogen (secondary N) is 1. The van der Waals surface area contributed by atoms with Crippen LogP contribution in [0.3, 0.4) is 0 Å². The van der Waals surface area contributed by atoms with Crippen LogP contribution in [0.15, 0.2) is 6.20 Å². The molecule has 1 aromatic heterocycles. The fraction of sp³-hybridized carbons (Fsp3) is 0.750. The molecular formula is C16H27N3O3. The third kappa shape index (κ3) is 3.87. The Morgan fingerprint density at radius 2 is 2.14 bits per heavy atom. The summed E-state index contributed by atoms with van der Waals surface area (Å²) in [6.07, 6.45) is 2.93. The van der Waals surface area contributed by atoms with Crippen LogP contribution in [0, 0.1) is 5.92 Å². The van der Waals surface area contributed by atoms with Crippen LogP contribution in [0.2, 0.25) is 0 Å². The Balaban J connectivity index is 1.93. The molecule has 0 bridgehead atoms. The SMILES string of the molecule is COC(C(=O)O)C1CCN(Cc2cn[nH]c2C(C)(C)C)CC1. The molecule has 2 rings (SSSR count). The summed E-state index contributed by atoms with van der Waals surface area (Å²) in [6, 6.07) is 0. The van der Waals surface area contributed by atoms with Gasteiger partial charge in [-0.3, -0.25) is 10.00 Å². The number of nitrogens with zero attached hydrogens (tertiary/aromatic N) is 2. The maximum atomic E-state index is 11.2. The normalized spacial score (nSPS) is 19.3. The van der Waals surface area contributed by atoms with E-state index in [0.29, 0.717) is 0 Å². The van der Waals surface area contributed by atoms with E-state index in [2.05, 4.69) is 35.9 Å². The lowest BCUT2D eigenvalue weighted by Crippen LogP contribution is -2.41. The lowest BCUT2D eigenvalue weighted by Gasteiger charge is -2.34. The quantitative estimate of drug-likeness (QED) is 0.870. The second kappa shape index (κ2) is 6.79. The Hall–Kier alpha value is -1.40. The highest BCUT2D eigenvalue weighted by Crippen LogP contribution is 2.27. The van der Waals surface area contributed by atoms with Crippen LogP contribution < -0.4 is 0 Å². The van der Waals surface area contributed by atoms with Gasteiger partial charge in [-0.05, 0) is 31.8 Å². The summed E-state index contributed by atoms with van der Waals surface area (Å²) < 4.78 is 5.12. The van der Waals surface area contributed by atoms with Crippen molar-refractivity contribution in [2.45, 2.75) is 51.7 Å². The maximum absolute atomic E-state index is 11.2. The van der Waals surface area contributed by atoms with Crippen LogP contribution in [0.1, 0.15) is 44.9 Å². The number of rotatable bonds is 5. The summed E-state index contributed by atoms with van der Waals surface area (Å²) in [4.78, 5) is 13.5. The number of carbonyl (C=O) groups is 1. The molecule has 6 nitrogen and oxygen atoms in total. The monoisotopic (exact) mass is 309 g/mol. The topological polar surface area (TPSA) is 78.5 Å². The van der Waals surface area contributed by atoms with Gasteiger partial charge in [-0.25, -0.2) is 4.79 Å². The molecule has 0 spiro atoms. The van der Waals surface area contributed by atoms with E-state index in [1.165, 1.54) is 18.4 Å². The van der Waals surface area contributed by atoms with E-state index in [-0.39, 0.29) is 11.3 Å². The molecule has 0 radical (unpaired) electrons. The lowest BCUT2D eigenvalue weighted by molar-refractivity contribution is -0.153. The van der Waals surface area contributed by atoms with E-state index in [1.54, 1.807) is 0 Å². The van der Waals surface area contributed by atoms with E-state index < -0.39 is 12.1 Å². The highest BCUT2D eigenvalue weighted by atomic mass is 16.5. The molecule has 1 fully saturated rings. The molecule has 0 aromatic carbocycles. The second-order valence-corrected chi connectivity index (χ2v) is 7.13. The van der Waals surface area contributed by atoms with E-state index in [1.807, 2.05) is 6.20 Å². The highest BCUT2D eigenvalue weighted by molar-refractivity contribution is 5.72. The highest BCUT2D eigenvalue weighted by Gasteiger charge is 2.31. The van der Waals surface area contributed by atoms with Crippen LogP contribution in [0.5, 0.6) is 0 Å². The van der Waals surface area contributed by atoms with Gasteiger partial charge in [0, 0.05) is 30.3 Å². The van der Waals surface area contributed by atoms with Crippen molar-refractivity contribution in [2.24, 2.45) is 5.92 Å². The number of likely N-dealkylation sites (tertiary alicyclic amines) is 1. The predicted octanol–water partition coefficient (Wildman–Crippen LogP) is 2.02. The minimum absolute atomic E-state index is 0.0502. The summed E-state index contributed by atoms with van der Waals surface area (Å²) in [5.74, 6) is -0.754. The molecule has 0 amide bonds. The zero-order chi connectivity index (χ0) is 16.3. The van der Waals surface area contributed by atoms with Crippen molar-refractivity contribution in [2.75, 3.05) is 20.2 Å². The first-order valence-corrected chi connectivity index (χ1v) is 7.83. The third-order valence-electron chi connectivity index (χ3n) is 4.42. The first-order valence-electron chi connectivity index (χ1n) is 7.83. The first kappa shape index (κ1) is 17.0. The number of hydrogen-bond acceptors (Lipinski definition) is 4. The fourth-order valence-corrected chi connectivity index (χ4v) is 3.23. The average Bonchev–Trinajstić information content (AvgIpc) is 2.89. The molecule has 124 valence electrons. The third-order valence-corrected chi connectivity index (χ3v) is 4.42. The molecule has 0 saturated carbocycles. The number of H-pyrrole nitrogens is 1. The summed E-state index contributed by atoms with van der Waals surface area (Å²) in [5, 5.41) is 16.5. The average molecular weight is 309 g/mol. The standard InChI is InChI=1S/C16H27N3O3/c1-16(2,3)14-12(9-17-18-14)10-19-7-5-11(6-8-19)13(22-4)15(20)21/h9,11,13H,5-8,10H2,1-4H3,(H,17,18)(H,20,21). The van der Waals surface area contributed by atoms with Crippen LogP contribution in [-0.2, 0) is 21.5 Å². The molecule has 1 atom stereocenters. The number of carboxylic acids is 1. The van der Waals surface area contributed by atoms with Crippen molar-refractivity contribution in [3.8, 4) is 0 Å². The van der Waals surface area contributed by atoms with Gasteiger partial charge in [-0.1, -0.05) is 20.8 Å². The molecule has 1 aliphatic heterocycles. The van der Waals surface area contributed by atoms with E-state index in [9.17, 15) is 9.90 Å². The van der Waals surface area contributed by atoms with Gasteiger partial charge in [-0.15, -0.1) is 0 Å². The minimum atomic E-state index is -0.856. The molecule has 1 unspecified atom stereocenters. The van der Waals surface area contributed by atoms with E-state index in [4.69, 9.17) is 4.74 Å². The van der Waals surface area contributed by atoms with Crippen LogP contribution in [0.4, 0.5) is 0 Å². The fourth-order valence-electron chi connectivity index (χ4n) is 3.23. The van der Waals surface area contributed by atoms with E-state index >= 15 is 0 Å².